The van der Waals surface area contributed by atoms with Gasteiger partial charge in [-0.25, -0.2) is 15.1 Å². The molecule has 3 N–H and O–H groups in total. The molecule has 1 aromatic carbocycles. The minimum atomic E-state index is -0.879. The zero-order chi connectivity index (χ0) is 20.7. The Morgan fingerprint density at radius 1 is 1.36 bits per heavy atom. The predicted octanol–water partition coefficient (Wildman–Crippen LogP) is 2.32. The average Bonchev–Trinajstić information content (AvgIpc) is 3.01. The number of benzene rings is 1. The summed E-state index contributed by atoms with van der Waals surface area (Å²) < 4.78 is 11.1. The fourth-order valence-corrected chi connectivity index (χ4v) is 2.11. The SMILES string of the molecule is CC(C)(C)C(=O)Oc1oc(-c2ccccc2)nc1CCCN/C(N)=N/[N+](=O)[O-]. The van der Waals surface area contributed by atoms with E-state index in [2.05, 4.69) is 15.4 Å². The molecule has 150 valence electrons. The Kier molecular flexibility index (Phi) is 6.69. The minimum absolute atomic E-state index is 0.0470. The number of guanidine groups is 1. The summed E-state index contributed by atoms with van der Waals surface area (Å²) in [5.74, 6) is -0.333. The van der Waals surface area contributed by atoms with Crippen molar-refractivity contribution in [1.29, 1.82) is 0 Å². The van der Waals surface area contributed by atoms with Crippen LogP contribution >= 0.6 is 0 Å². The van der Waals surface area contributed by atoms with E-state index in [1.54, 1.807) is 20.8 Å². The number of rotatable bonds is 7. The second-order valence-corrected chi connectivity index (χ2v) is 7.01. The molecule has 1 heterocycles. The number of hydrogen-bond acceptors (Lipinski definition) is 6. The van der Waals surface area contributed by atoms with E-state index < -0.39 is 16.4 Å². The fraction of sp³-hybridized carbons (Fsp3) is 0.389. The molecule has 1 aromatic heterocycles. The number of oxazole rings is 1. The fourth-order valence-electron chi connectivity index (χ4n) is 2.11. The van der Waals surface area contributed by atoms with Gasteiger partial charge in [0.25, 0.3) is 5.96 Å². The number of nitrogens with zero attached hydrogens (tertiary/aromatic N) is 3. The van der Waals surface area contributed by atoms with Gasteiger partial charge in [0.15, 0.2) is 5.03 Å². The third-order valence-corrected chi connectivity index (χ3v) is 3.57. The third kappa shape index (κ3) is 6.08. The molecule has 10 heteroatoms. The number of esters is 1. The Labute approximate surface area is 161 Å². The summed E-state index contributed by atoms with van der Waals surface area (Å²) in [7, 11) is 0. The van der Waals surface area contributed by atoms with Gasteiger partial charge in [0.1, 0.15) is 10.8 Å². The quantitative estimate of drug-likeness (QED) is 0.183. The summed E-state index contributed by atoms with van der Waals surface area (Å²) in [6.45, 7) is 5.55. The Morgan fingerprint density at radius 2 is 2.04 bits per heavy atom. The number of hydrazone groups is 1. The Balaban J connectivity index is 2.13. The molecule has 0 bridgehead atoms. The number of carbonyl (C=O) groups is 1. The van der Waals surface area contributed by atoms with E-state index in [0.717, 1.165) is 5.56 Å². The molecule has 0 fully saturated rings. The Morgan fingerprint density at radius 3 is 2.64 bits per heavy atom. The number of nitrogens with two attached hydrogens (primary N) is 1. The Bertz CT molecular complexity index is 855. The highest BCUT2D eigenvalue weighted by Crippen LogP contribution is 2.30. The maximum Gasteiger partial charge on any atom is 0.319 e. The van der Waals surface area contributed by atoms with Crippen LogP contribution in [-0.4, -0.2) is 28.5 Å². The van der Waals surface area contributed by atoms with Crippen molar-refractivity contribution in [1.82, 2.24) is 10.3 Å². The molecule has 0 aliphatic rings. The first kappa shape index (κ1) is 20.9. The standard InChI is InChI=1S/C18H23N5O5/c1-18(2,3)16(24)28-15-13(10-7-11-20-17(19)22-23(25)26)21-14(27-15)12-8-5-4-6-9-12/h4-6,8-9H,7,10-11H2,1-3H3,(H3,19,20,22). The number of carbonyl (C=O) groups excluding carboxylic acids is 1. The van der Waals surface area contributed by atoms with Gasteiger partial charge in [-0.1, -0.05) is 18.2 Å². The smallest absolute Gasteiger partial charge is 0.319 e. The van der Waals surface area contributed by atoms with Crippen LogP contribution in [0.25, 0.3) is 11.5 Å². The van der Waals surface area contributed by atoms with Crippen molar-refractivity contribution < 1.29 is 19.0 Å². The largest absolute Gasteiger partial charge is 0.405 e. The lowest BCUT2D eigenvalue weighted by Gasteiger charge is -2.15. The summed E-state index contributed by atoms with van der Waals surface area (Å²) in [4.78, 5) is 26.9. The summed E-state index contributed by atoms with van der Waals surface area (Å²) in [6.07, 6.45) is 0.913. The van der Waals surface area contributed by atoms with Gasteiger partial charge < -0.3 is 20.2 Å². The molecule has 0 amide bonds. The number of ether oxygens (including phenoxy) is 1. The number of hydrogen-bond donors (Lipinski definition) is 2. The van der Waals surface area contributed by atoms with Gasteiger partial charge in [0, 0.05) is 12.1 Å². The van der Waals surface area contributed by atoms with E-state index in [9.17, 15) is 14.9 Å². The van der Waals surface area contributed by atoms with E-state index >= 15 is 0 Å². The van der Waals surface area contributed by atoms with E-state index in [-0.39, 0.29) is 11.9 Å². The third-order valence-electron chi connectivity index (χ3n) is 3.57. The van der Waals surface area contributed by atoms with Gasteiger partial charge in [-0.05, 0) is 45.7 Å². The summed E-state index contributed by atoms with van der Waals surface area (Å²) >= 11 is 0. The number of nitrogens with one attached hydrogen (secondary N) is 1. The molecule has 0 saturated heterocycles. The first-order chi connectivity index (χ1) is 13.2. The molecule has 0 aliphatic carbocycles. The second-order valence-electron chi connectivity index (χ2n) is 7.01. The van der Waals surface area contributed by atoms with Crippen LogP contribution in [0.5, 0.6) is 5.95 Å². The van der Waals surface area contributed by atoms with Gasteiger partial charge >= 0.3 is 11.9 Å². The molecule has 0 unspecified atom stereocenters. The van der Waals surface area contributed by atoms with Crippen molar-refractivity contribution in [2.75, 3.05) is 6.54 Å². The van der Waals surface area contributed by atoms with E-state index in [1.807, 2.05) is 30.3 Å². The minimum Gasteiger partial charge on any atom is -0.405 e. The molecule has 2 aromatic rings. The second kappa shape index (κ2) is 8.98. The van der Waals surface area contributed by atoms with Crippen LogP contribution in [-0.2, 0) is 11.2 Å². The van der Waals surface area contributed by atoms with E-state index in [4.69, 9.17) is 14.9 Å². The van der Waals surface area contributed by atoms with Crippen LogP contribution in [0, 0.1) is 15.5 Å². The van der Waals surface area contributed by atoms with Crippen LogP contribution in [0.4, 0.5) is 0 Å². The number of aromatic nitrogens is 1. The van der Waals surface area contributed by atoms with Gasteiger partial charge in [-0.2, -0.15) is 0 Å². The van der Waals surface area contributed by atoms with Gasteiger partial charge in [0.2, 0.25) is 5.89 Å². The van der Waals surface area contributed by atoms with E-state index in [1.165, 1.54) is 0 Å². The highest BCUT2D eigenvalue weighted by molar-refractivity contribution is 5.78. The molecular formula is C18H23N5O5. The molecule has 0 radical (unpaired) electrons. The Hall–Kier alpha value is -3.43. The maximum atomic E-state index is 12.2. The van der Waals surface area contributed by atoms with Crippen molar-refractivity contribution in [3.05, 3.63) is 46.1 Å². The molecule has 0 atom stereocenters. The van der Waals surface area contributed by atoms with Crippen LogP contribution in [0.2, 0.25) is 0 Å². The zero-order valence-electron chi connectivity index (χ0n) is 16.0. The maximum absolute atomic E-state index is 12.2. The normalized spacial score (nSPS) is 11.9. The highest BCUT2D eigenvalue weighted by atomic mass is 16.7. The van der Waals surface area contributed by atoms with Gasteiger partial charge in [-0.3, -0.25) is 4.79 Å². The van der Waals surface area contributed by atoms with Crippen LogP contribution in [0.1, 0.15) is 32.9 Å². The highest BCUT2D eigenvalue weighted by Gasteiger charge is 2.27. The zero-order valence-corrected chi connectivity index (χ0v) is 16.0. The molecule has 10 nitrogen and oxygen atoms in total. The molecule has 0 saturated carbocycles. The van der Waals surface area contributed by atoms with Crippen molar-refractivity contribution >= 4 is 11.9 Å². The number of nitro groups is 1. The van der Waals surface area contributed by atoms with Crippen LogP contribution in [0.15, 0.2) is 39.9 Å². The molecule has 28 heavy (non-hydrogen) atoms. The summed E-state index contributed by atoms with van der Waals surface area (Å²) in [5.41, 5.74) is 5.90. The van der Waals surface area contributed by atoms with Crippen LogP contribution in [0.3, 0.4) is 0 Å². The molecular weight excluding hydrogens is 366 g/mol. The number of aryl methyl sites for hydroxylation is 1. The van der Waals surface area contributed by atoms with Crippen molar-refractivity contribution in [3.63, 3.8) is 0 Å². The van der Waals surface area contributed by atoms with Crippen molar-refractivity contribution in [3.8, 4) is 17.4 Å². The molecule has 0 aliphatic heterocycles. The predicted molar refractivity (Wildman–Crippen MR) is 102 cm³/mol. The summed E-state index contributed by atoms with van der Waals surface area (Å²) in [6, 6.07) is 9.24. The lowest BCUT2D eigenvalue weighted by atomic mass is 9.97. The van der Waals surface area contributed by atoms with Crippen molar-refractivity contribution in [2.24, 2.45) is 16.3 Å². The molecule has 2 rings (SSSR count). The van der Waals surface area contributed by atoms with Crippen molar-refractivity contribution in [2.45, 2.75) is 33.6 Å². The van der Waals surface area contributed by atoms with Gasteiger partial charge in [0.05, 0.1) is 5.41 Å². The monoisotopic (exact) mass is 389 g/mol. The van der Waals surface area contributed by atoms with Gasteiger partial charge in [-0.15, -0.1) is 0 Å². The molecule has 0 spiro atoms. The van der Waals surface area contributed by atoms with E-state index in [0.29, 0.717) is 31.0 Å². The lowest BCUT2D eigenvalue weighted by Crippen LogP contribution is -2.33. The lowest BCUT2D eigenvalue weighted by molar-refractivity contribution is -0.485. The summed E-state index contributed by atoms with van der Waals surface area (Å²) in [5, 5.41) is 15.0. The average molecular weight is 389 g/mol. The topological polar surface area (TPSA) is 146 Å². The first-order valence-electron chi connectivity index (χ1n) is 8.66. The van der Waals surface area contributed by atoms with Crippen LogP contribution < -0.4 is 15.8 Å². The first-order valence-corrected chi connectivity index (χ1v) is 8.66.